The summed E-state index contributed by atoms with van der Waals surface area (Å²) >= 11 is 0. The zero-order chi connectivity index (χ0) is 20.5. The van der Waals surface area contributed by atoms with E-state index >= 15 is 0 Å². The molecule has 7 heteroatoms. The maximum Gasteiger partial charge on any atom is 0.191 e. The molecule has 0 radical (unpaired) electrons. The molecule has 2 atom stereocenters. The summed E-state index contributed by atoms with van der Waals surface area (Å²) in [6.07, 6.45) is 1.17. The van der Waals surface area contributed by atoms with Crippen LogP contribution >= 0.6 is 24.0 Å². The molecule has 0 amide bonds. The van der Waals surface area contributed by atoms with Crippen LogP contribution in [-0.4, -0.2) is 39.9 Å². The molecule has 0 aliphatic carbocycles. The van der Waals surface area contributed by atoms with E-state index in [1.807, 2.05) is 24.3 Å². The van der Waals surface area contributed by atoms with Crippen LogP contribution in [0.15, 0.2) is 53.5 Å². The minimum absolute atomic E-state index is 0. The van der Waals surface area contributed by atoms with Crippen molar-refractivity contribution in [1.29, 1.82) is 0 Å². The fourth-order valence-corrected chi connectivity index (χ4v) is 3.57. The molecule has 3 rings (SSSR count). The van der Waals surface area contributed by atoms with Gasteiger partial charge in [-0.15, -0.1) is 24.0 Å². The molecule has 2 aromatic rings. The van der Waals surface area contributed by atoms with Crippen LogP contribution in [0.25, 0.3) is 0 Å². The normalized spacial score (nSPS) is 18.4. The van der Waals surface area contributed by atoms with Gasteiger partial charge >= 0.3 is 0 Å². The highest BCUT2D eigenvalue weighted by molar-refractivity contribution is 14.0. The van der Waals surface area contributed by atoms with Crippen LogP contribution in [-0.2, 0) is 11.3 Å². The van der Waals surface area contributed by atoms with Gasteiger partial charge in [0.15, 0.2) is 5.96 Å². The molecule has 0 aromatic heterocycles. The molecule has 30 heavy (non-hydrogen) atoms. The molecule has 2 aromatic carbocycles. The lowest BCUT2D eigenvalue weighted by Gasteiger charge is -2.21. The number of guanidine groups is 1. The first-order valence-electron chi connectivity index (χ1n) is 10.1. The number of halogens is 1. The quantitative estimate of drug-likeness (QED) is 0.308. The summed E-state index contributed by atoms with van der Waals surface area (Å²) in [4.78, 5) is 4.74. The Labute approximate surface area is 196 Å². The van der Waals surface area contributed by atoms with E-state index in [9.17, 15) is 0 Å². The number of nitrogens with zero attached hydrogens (tertiary/aromatic N) is 1. The molecule has 1 saturated heterocycles. The Hall–Kier alpha value is -2.00. The standard InChI is InChI=1S/C23H31N3O3.HI/c1-4-24-23(25-15-18-10-11-20(27-2)14-21(18)28-3)26-16-19-12-13-29-22(19)17-8-6-5-7-9-17;/h5-11,14,19,22H,4,12-13,15-16H2,1-3H3,(H2,24,25,26);1H. The SMILES string of the molecule is CCNC(=NCc1ccc(OC)cc1OC)NCC1CCOC1c1ccccc1.I. The highest BCUT2D eigenvalue weighted by Gasteiger charge is 2.29. The highest BCUT2D eigenvalue weighted by atomic mass is 127. The summed E-state index contributed by atoms with van der Waals surface area (Å²) in [6, 6.07) is 16.2. The van der Waals surface area contributed by atoms with Crippen molar-refractivity contribution in [2.45, 2.75) is 26.0 Å². The average Bonchev–Trinajstić information content (AvgIpc) is 3.24. The minimum atomic E-state index is 0. The van der Waals surface area contributed by atoms with Crippen molar-refractivity contribution < 1.29 is 14.2 Å². The Morgan fingerprint density at radius 1 is 1.10 bits per heavy atom. The molecule has 164 valence electrons. The maximum atomic E-state index is 6.00. The first-order chi connectivity index (χ1) is 14.2. The molecule has 1 heterocycles. The molecule has 1 aliphatic heterocycles. The largest absolute Gasteiger partial charge is 0.497 e. The lowest BCUT2D eigenvalue weighted by Crippen LogP contribution is -2.40. The zero-order valence-electron chi connectivity index (χ0n) is 17.9. The lowest BCUT2D eigenvalue weighted by molar-refractivity contribution is 0.0915. The van der Waals surface area contributed by atoms with Crippen molar-refractivity contribution in [1.82, 2.24) is 10.6 Å². The second kappa shape index (κ2) is 12.6. The Morgan fingerprint density at radius 3 is 2.60 bits per heavy atom. The second-order valence-corrected chi connectivity index (χ2v) is 7.00. The van der Waals surface area contributed by atoms with Gasteiger partial charge in [-0.2, -0.15) is 0 Å². The van der Waals surface area contributed by atoms with Gasteiger partial charge in [-0.1, -0.05) is 30.3 Å². The van der Waals surface area contributed by atoms with E-state index in [0.29, 0.717) is 12.5 Å². The smallest absolute Gasteiger partial charge is 0.191 e. The van der Waals surface area contributed by atoms with E-state index in [2.05, 4.69) is 41.8 Å². The predicted octanol–water partition coefficient (Wildman–Crippen LogP) is 4.15. The fraction of sp³-hybridized carbons (Fsp3) is 0.435. The van der Waals surface area contributed by atoms with Gasteiger partial charge in [-0.25, -0.2) is 4.99 Å². The van der Waals surface area contributed by atoms with Crippen LogP contribution in [0.1, 0.15) is 30.6 Å². The molecule has 2 unspecified atom stereocenters. The van der Waals surface area contributed by atoms with E-state index in [4.69, 9.17) is 19.2 Å². The van der Waals surface area contributed by atoms with Crippen LogP contribution < -0.4 is 20.1 Å². The molecule has 1 aliphatic rings. The Morgan fingerprint density at radius 2 is 1.90 bits per heavy atom. The molecule has 0 spiro atoms. The molecule has 2 N–H and O–H groups in total. The highest BCUT2D eigenvalue weighted by Crippen LogP contribution is 2.33. The van der Waals surface area contributed by atoms with Gasteiger partial charge < -0.3 is 24.8 Å². The Kier molecular flexibility index (Phi) is 10.2. The molecule has 0 bridgehead atoms. The number of aliphatic imine (C=N–C) groups is 1. The topological polar surface area (TPSA) is 64.1 Å². The number of hydrogen-bond donors (Lipinski definition) is 2. The molecule has 6 nitrogen and oxygen atoms in total. The van der Waals surface area contributed by atoms with E-state index < -0.39 is 0 Å². The van der Waals surface area contributed by atoms with Gasteiger partial charge in [0.25, 0.3) is 0 Å². The van der Waals surface area contributed by atoms with Gasteiger partial charge in [-0.05, 0) is 31.0 Å². The Balaban J connectivity index is 0.00000320. The molecular formula is C23H32IN3O3. The van der Waals surface area contributed by atoms with Gasteiger partial charge in [0, 0.05) is 37.2 Å². The molecular weight excluding hydrogens is 493 g/mol. The zero-order valence-corrected chi connectivity index (χ0v) is 20.2. The van der Waals surface area contributed by atoms with E-state index in [0.717, 1.165) is 49.1 Å². The first kappa shape index (κ1) is 24.3. The second-order valence-electron chi connectivity index (χ2n) is 7.00. The summed E-state index contributed by atoms with van der Waals surface area (Å²) in [5.74, 6) is 2.76. The van der Waals surface area contributed by atoms with Gasteiger partial charge in [0.1, 0.15) is 11.5 Å². The number of rotatable bonds is 8. The van der Waals surface area contributed by atoms with Crippen molar-refractivity contribution in [3.8, 4) is 11.5 Å². The summed E-state index contributed by atoms with van der Waals surface area (Å²) < 4.78 is 16.7. The predicted molar refractivity (Wildman–Crippen MR) is 131 cm³/mol. The fourth-order valence-electron chi connectivity index (χ4n) is 3.57. The maximum absolute atomic E-state index is 6.00. The van der Waals surface area contributed by atoms with Crippen molar-refractivity contribution in [2.75, 3.05) is 33.9 Å². The third kappa shape index (κ3) is 6.50. The summed E-state index contributed by atoms with van der Waals surface area (Å²) in [7, 11) is 3.31. The molecule has 0 saturated carbocycles. The van der Waals surface area contributed by atoms with Crippen molar-refractivity contribution in [3.63, 3.8) is 0 Å². The van der Waals surface area contributed by atoms with Crippen molar-refractivity contribution in [3.05, 3.63) is 59.7 Å². The summed E-state index contributed by atoms with van der Waals surface area (Å²) in [5, 5.41) is 6.81. The monoisotopic (exact) mass is 525 g/mol. The number of nitrogens with one attached hydrogen (secondary N) is 2. The van der Waals surface area contributed by atoms with Crippen molar-refractivity contribution >= 4 is 29.9 Å². The lowest BCUT2D eigenvalue weighted by atomic mass is 9.95. The Bertz CT molecular complexity index is 802. The first-order valence-corrected chi connectivity index (χ1v) is 10.1. The van der Waals surface area contributed by atoms with Crippen LogP contribution in [0.4, 0.5) is 0 Å². The third-order valence-corrected chi connectivity index (χ3v) is 5.12. The minimum Gasteiger partial charge on any atom is -0.497 e. The van der Waals surface area contributed by atoms with Gasteiger partial charge in [0.05, 0.1) is 26.9 Å². The average molecular weight is 525 g/mol. The van der Waals surface area contributed by atoms with Crippen LogP contribution in [0.2, 0.25) is 0 Å². The van der Waals surface area contributed by atoms with Crippen molar-refractivity contribution in [2.24, 2.45) is 10.9 Å². The number of hydrogen-bond acceptors (Lipinski definition) is 4. The van der Waals surface area contributed by atoms with Crippen LogP contribution in [0, 0.1) is 5.92 Å². The van der Waals surface area contributed by atoms with E-state index in [1.165, 1.54) is 5.56 Å². The number of ether oxygens (including phenoxy) is 3. The third-order valence-electron chi connectivity index (χ3n) is 5.12. The summed E-state index contributed by atoms with van der Waals surface area (Å²) in [5.41, 5.74) is 2.25. The van der Waals surface area contributed by atoms with E-state index in [-0.39, 0.29) is 30.1 Å². The number of benzene rings is 2. The van der Waals surface area contributed by atoms with Crippen LogP contribution in [0.3, 0.4) is 0 Å². The number of methoxy groups -OCH3 is 2. The van der Waals surface area contributed by atoms with Crippen LogP contribution in [0.5, 0.6) is 11.5 Å². The molecule has 1 fully saturated rings. The van der Waals surface area contributed by atoms with E-state index in [1.54, 1.807) is 14.2 Å². The van der Waals surface area contributed by atoms with Gasteiger partial charge in [0.2, 0.25) is 0 Å². The van der Waals surface area contributed by atoms with Gasteiger partial charge in [-0.3, -0.25) is 0 Å². The summed E-state index contributed by atoms with van der Waals surface area (Å²) in [6.45, 7) is 4.99.